The summed E-state index contributed by atoms with van der Waals surface area (Å²) in [5.41, 5.74) is 4.98. The molecule has 1 saturated heterocycles. The lowest BCUT2D eigenvalue weighted by atomic mass is 9.96. The van der Waals surface area contributed by atoms with E-state index in [4.69, 9.17) is 21.3 Å². The molecule has 0 bridgehead atoms. The fraction of sp³-hybridized carbons (Fsp3) is 0.302. The molecular formula is C43H44ClFN8O5S. The molecule has 0 spiro atoms. The average Bonchev–Trinajstić information content (AvgIpc) is 3.68. The maximum atomic E-state index is 17.0. The number of halogens is 2. The smallest absolute Gasteiger partial charge is 0.225 e. The van der Waals surface area contributed by atoms with Crippen molar-refractivity contribution < 1.29 is 28.6 Å². The average molecular weight is 839 g/mol. The van der Waals surface area contributed by atoms with Crippen LogP contribution in [0.2, 0.25) is 5.02 Å². The Morgan fingerprint density at radius 2 is 1.86 bits per heavy atom. The Labute approximate surface area is 349 Å². The van der Waals surface area contributed by atoms with E-state index in [1.807, 2.05) is 61.2 Å². The van der Waals surface area contributed by atoms with E-state index in [0.717, 1.165) is 27.1 Å². The van der Waals surface area contributed by atoms with Gasteiger partial charge in [0.25, 0.3) is 0 Å². The number of nitrogens with one attached hydrogen (secondary N) is 2. The number of hydrogen-bond acceptors (Lipinski definition) is 11. The third kappa shape index (κ3) is 9.00. The first kappa shape index (κ1) is 41.1. The first-order valence-electron chi connectivity index (χ1n) is 19.3. The van der Waals surface area contributed by atoms with Crippen molar-refractivity contribution in [2.45, 2.75) is 33.2 Å². The Hall–Kier alpha value is -6.06. The zero-order valence-corrected chi connectivity index (χ0v) is 34.5. The van der Waals surface area contributed by atoms with Gasteiger partial charge in [-0.1, -0.05) is 54.9 Å². The molecule has 306 valence electrons. The minimum Gasteiger partial charge on any atom is -0.508 e. The number of aryl methyl sites for hydroxylation is 1. The van der Waals surface area contributed by atoms with Crippen molar-refractivity contribution in [2.75, 3.05) is 63.1 Å². The van der Waals surface area contributed by atoms with Gasteiger partial charge in [-0.15, -0.1) is 11.3 Å². The fourth-order valence-electron chi connectivity index (χ4n) is 7.24. The number of anilines is 2. The van der Waals surface area contributed by atoms with Crippen molar-refractivity contribution in [3.8, 4) is 33.1 Å². The lowest BCUT2D eigenvalue weighted by molar-refractivity contribution is -0.131. The molecule has 1 aliphatic rings. The standard InChI is InChI=1S/C43H44ClFN8O5S/c1-4-36(56)52-13-15-53(16-14-52)42-33-22-34(44)38(32-21-30(55)19-27-7-5-6-8-31(27)32)39(45)40(33)49-43(50-42)47-12-11-37(57)51(3)17-18-58-35-20-28(41-26(2)48-25-59-41)9-10-29(35)23-46-24-54/h5-10,19-22,24-25,55H,4,11-18,23H2,1-3H3,(H,46,54)(H,47,49,50). The van der Waals surface area contributed by atoms with Gasteiger partial charge in [0.1, 0.15) is 29.4 Å². The molecule has 1 aliphatic heterocycles. The number of benzene rings is 4. The summed E-state index contributed by atoms with van der Waals surface area (Å²) in [7, 11) is 1.69. The van der Waals surface area contributed by atoms with Crippen LogP contribution in [0.3, 0.4) is 0 Å². The highest BCUT2D eigenvalue weighted by Gasteiger charge is 2.27. The summed E-state index contributed by atoms with van der Waals surface area (Å²) in [6.45, 7) is 6.61. The number of phenolic OH excluding ortho intramolecular Hbond substituents is 1. The van der Waals surface area contributed by atoms with Crippen molar-refractivity contribution >= 4 is 74.6 Å². The molecule has 0 unspecified atom stereocenters. The number of aromatic nitrogens is 3. The SMILES string of the molecule is CCC(=O)N1CCN(c2nc(NCCC(=O)N(C)CCOc3cc(-c4scnc4C)ccc3CNC=O)nc3c(F)c(-c4cc(O)cc5ccccc45)c(Cl)cc23)CC1. The highest BCUT2D eigenvalue weighted by atomic mass is 35.5. The van der Waals surface area contributed by atoms with Crippen LogP contribution >= 0.6 is 22.9 Å². The van der Waals surface area contributed by atoms with E-state index in [1.165, 1.54) is 17.4 Å². The van der Waals surface area contributed by atoms with Gasteiger partial charge in [-0.3, -0.25) is 14.4 Å². The van der Waals surface area contributed by atoms with Crippen molar-refractivity contribution in [2.24, 2.45) is 0 Å². The normalized spacial score (nSPS) is 12.8. The van der Waals surface area contributed by atoms with Gasteiger partial charge in [0.05, 0.1) is 27.6 Å². The molecular weight excluding hydrogens is 795 g/mol. The Morgan fingerprint density at radius 1 is 1.07 bits per heavy atom. The zero-order chi connectivity index (χ0) is 41.6. The van der Waals surface area contributed by atoms with Crippen molar-refractivity contribution in [3.05, 3.63) is 88.3 Å². The molecule has 0 radical (unpaired) electrons. The van der Waals surface area contributed by atoms with Gasteiger partial charge in [0.15, 0.2) is 5.82 Å². The summed E-state index contributed by atoms with van der Waals surface area (Å²) in [5.74, 6) is 0.365. The summed E-state index contributed by atoms with van der Waals surface area (Å²) in [4.78, 5) is 56.9. The number of rotatable bonds is 15. The summed E-state index contributed by atoms with van der Waals surface area (Å²) in [6.07, 6.45) is 1.13. The highest BCUT2D eigenvalue weighted by molar-refractivity contribution is 7.13. The number of amides is 3. The van der Waals surface area contributed by atoms with Gasteiger partial charge in [-0.2, -0.15) is 4.98 Å². The van der Waals surface area contributed by atoms with E-state index in [9.17, 15) is 19.5 Å². The van der Waals surface area contributed by atoms with E-state index in [-0.39, 0.29) is 59.2 Å². The van der Waals surface area contributed by atoms with E-state index >= 15 is 4.39 Å². The Morgan fingerprint density at radius 3 is 2.61 bits per heavy atom. The molecule has 3 N–H and O–H groups in total. The largest absolute Gasteiger partial charge is 0.508 e. The van der Waals surface area contributed by atoms with Crippen LogP contribution in [-0.2, 0) is 20.9 Å². The Balaban J connectivity index is 1.09. The second-order valence-electron chi connectivity index (χ2n) is 14.2. The molecule has 3 heterocycles. The minimum atomic E-state index is -0.677. The number of ether oxygens (including phenoxy) is 1. The van der Waals surface area contributed by atoms with E-state index in [2.05, 4.69) is 20.6 Å². The number of likely N-dealkylation sites (N-methyl/N-ethyl adjacent to an activating group) is 1. The monoisotopic (exact) mass is 838 g/mol. The van der Waals surface area contributed by atoms with Gasteiger partial charge in [-0.05, 0) is 53.1 Å². The van der Waals surface area contributed by atoms with Crippen molar-refractivity contribution in [1.29, 1.82) is 0 Å². The molecule has 0 aliphatic carbocycles. The van der Waals surface area contributed by atoms with Crippen LogP contribution < -0.4 is 20.3 Å². The first-order valence-corrected chi connectivity index (χ1v) is 20.6. The first-order chi connectivity index (χ1) is 28.6. The van der Waals surface area contributed by atoms with Crippen LogP contribution in [0.1, 0.15) is 31.0 Å². The number of aromatic hydroxyl groups is 1. The number of carbonyl (C=O) groups is 3. The van der Waals surface area contributed by atoms with Gasteiger partial charge >= 0.3 is 0 Å². The molecule has 3 amide bonds. The third-order valence-electron chi connectivity index (χ3n) is 10.4. The Bertz CT molecular complexity index is 2530. The molecule has 0 saturated carbocycles. The topological polar surface area (TPSA) is 153 Å². The number of fused-ring (bicyclic) bond motifs is 2. The van der Waals surface area contributed by atoms with Crippen LogP contribution in [0.4, 0.5) is 16.2 Å². The molecule has 2 aromatic heterocycles. The summed E-state index contributed by atoms with van der Waals surface area (Å²) < 4.78 is 23.1. The van der Waals surface area contributed by atoms with Gasteiger partial charge < -0.3 is 35.2 Å². The van der Waals surface area contributed by atoms with Crippen LogP contribution in [0.25, 0.3) is 43.2 Å². The molecule has 4 aromatic carbocycles. The second kappa shape index (κ2) is 18.2. The fourth-order valence-corrected chi connectivity index (χ4v) is 8.33. The number of nitrogens with zero attached hydrogens (tertiary/aromatic N) is 6. The molecule has 16 heteroatoms. The van der Waals surface area contributed by atoms with Crippen LogP contribution in [0.5, 0.6) is 11.5 Å². The van der Waals surface area contributed by atoms with Crippen LogP contribution in [0, 0.1) is 12.7 Å². The zero-order valence-electron chi connectivity index (χ0n) is 32.9. The summed E-state index contributed by atoms with van der Waals surface area (Å²) in [6, 6.07) is 17.9. The summed E-state index contributed by atoms with van der Waals surface area (Å²) in [5, 5.41) is 18.4. The van der Waals surface area contributed by atoms with Crippen LogP contribution in [-0.4, -0.2) is 101 Å². The van der Waals surface area contributed by atoms with E-state index in [0.29, 0.717) is 80.0 Å². The van der Waals surface area contributed by atoms with E-state index < -0.39 is 5.82 Å². The minimum absolute atomic E-state index is 0.0225. The quantitative estimate of drug-likeness (QED) is 0.0920. The molecule has 13 nitrogen and oxygen atoms in total. The molecule has 6 aromatic rings. The summed E-state index contributed by atoms with van der Waals surface area (Å²) >= 11 is 8.41. The van der Waals surface area contributed by atoms with Crippen molar-refractivity contribution in [3.63, 3.8) is 0 Å². The predicted molar refractivity (Wildman–Crippen MR) is 230 cm³/mol. The molecule has 59 heavy (non-hydrogen) atoms. The van der Waals surface area contributed by atoms with E-state index in [1.54, 1.807) is 34.5 Å². The molecule has 1 fully saturated rings. The number of carbonyl (C=O) groups excluding carboxylic acids is 3. The van der Waals surface area contributed by atoms with Gasteiger partial charge in [-0.25, -0.2) is 14.4 Å². The second-order valence-corrected chi connectivity index (χ2v) is 15.4. The number of piperazine rings is 1. The number of phenols is 1. The number of thiazole rings is 1. The van der Waals surface area contributed by atoms with Gasteiger partial charge in [0.2, 0.25) is 24.2 Å². The predicted octanol–water partition coefficient (Wildman–Crippen LogP) is 7.02. The third-order valence-corrected chi connectivity index (χ3v) is 11.7. The maximum absolute atomic E-state index is 17.0. The number of hydrogen-bond donors (Lipinski definition) is 3. The maximum Gasteiger partial charge on any atom is 0.225 e. The molecule has 7 rings (SSSR count). The van der Waals surface area contributed by atoms with Crippen molar-refractivity contribution in [1.82, 2.24) is 30.1 Å². The van der Waals surface area contributed by atoms with Gasteiger partial charge in [0, 0.05) is 75.7 Å². The highest BCUT2D eigenvalue weighted by Crippen LogP contribution is 2.42. The lowest BCUT2D eigenvalue weighted by Crippen LogP contribution is -2.49. The molecule has 0 atom stereocenters. The van der Waals surface area contributed by atoms with Crippen LogP contribution in [0.15, 0.2) is 66.2 Å². The Kier molecular flexibility index (Phi) is 12.7. The lowest BCUT2D eigenvalue weighted by Gasteiger charge is -2.36.